The molecule has 3 N–H and O–H groups in total. The fraction of sp³-hybridized carbons (Fsp3) is 0.571. The van der Waals surface area contributed by atoms with Crippen LogP contribution in [-0.4, -0.2) is 30.5 Å². The van der Waals surface area contributed by atoms with Gasteiger partial charge in [-0.1, -0.05) is 26.7 Å². The third kappa shape index (κ3) is 2.96. The summed E-state index contributed by atoms with van der Waals surface area (Å²) in [5.41, 5.74) is 5.80. The molecule has 2 aromatic heterocycles. The van der Waals surface area contributed by atoms with Crippen molar-refractivity contribution in [3.8, 4) is 5.95 Å². The van der Waals surface area contributed by atoms with Crippen LogP contribution < -0.4 is 11.1 Å². The Balaban J connectivity index is 1.82. The highest BCUT2D eigenvalue weighted by Crippen LogP contribution is 2.31. The van der Waals surface area contributed by atoms with Crippen LogP contribution >= 0.6 is 0 Å². The largest absolute Gasteiger partial charge is 0.368 e. The summed E-state index contributed by atoms with van der Waals surface area (Å²) in [5, 5.41) is 3.43. The minimum atomic E-state index is 0.215. The molecule has 3 unspecified atom stereocenters. The van der Waals surface area contributed by atoms with Crippen LogP contribution in [-0.2, 0) is 0 Å². The van der Waals surface area contributed by atoms with Gasteiger partial charge in [-0.15, -0.1) is 0 Å². The van der Waals surface area contributed by atoms with Gasteiger partial charge in [0.1, 0.15) is 6.33 Å². The van der Waals surface area contributed by atoms with Crippen molar-refractivity contribution in [3.05, 3.63) is 18.7 Å². The zero-order chi connectivity index (χ0) is 14.8. The topological polar surface area (TPSA) is 94.5 Å². The standard InChI is InChI=1S/C14H21N7/c1-9-4-3-5-11(10(9)2)17-13-18-12(15)19-14(20-13)21-7-6-16-8-21/h6-11H,3-5H2,1-2H3,(H3,15,17,18,19,20). The normalized spacial score (nSPS) is 25.7. The number of nitrogens with one attached hydrogen (secondary N) is 1. The van der Waals surface area contributed by atoms with Crippen molar-refractivity contribution in [3.63, 3.8) is 0 Å². The van der Waals surface area contributed by atoms with Crippen molar-refractivity contribution in [2.75, 3.05) is 11.1 Å². The monoisotopic (exact) mass is 287 g/mol. The van der Waals surface area contributed by atoms with Crippen molar-refractivity contribution in [1.29, 1.82) is 0 Å². The molecule has 3 rings (SSSR count). The number of anilines is 2. The quantitative estimate of drug-likeness (QED) is 0.895. The number of aromatic nitrogens is 5. The first kappa shape index (κ1) is 13.8. The van der Waals surface area contributed by atoms with E-state index < -0.39 is 0 Å². The van der Waals surface area contributed by atoms with Gasteiger partial charge in [0.25, 0.3) is 0 Å². The molecule has 21 heavy (non-hydrogen) atoms. The second-order valence-electron chi connectivity index (χ2n) is 5.81. The second-order valence-corrected chi connectivity index (χ2v) is 5.81. The van der Waals surface area contributed by atoms with Gasteiger partial charge < -0.3 is 11.1 Å². The smallest absolute Gasteiger partial charge is 0.241 e. The van der Waals surface area contributed by atoms with Crippen LogP contribution in [0, 0.1) is 11.8 Å². The molecule has 1 fully saturated rings. The highest BCUT2D eigenvalue weighted by molar-refractivity contribution is 5.36. The van der Waals surface area contributed by atoms with Gasteiger partial charge in [-0.25, -0.2) is 4.98 Å². The fourth-order valence-corrected chi connectivity index (χ4v) is 2.89. The molecule has 0 amide bonds. The van der Waals surface area contributed by atoms with E-state index in [1.165, 1.54) is 12.8 Å². The molecular formula is C14H21N7. The Kier molecular flexibility index (Phi) is 3.72. The van der Waals surface area contributed by atoms with Gasteiger partial charge in [0.2, 0.25) is 17.8 Å². The van der Waals surface area contributed by atoms with Gasteiger partial charge in [-0.2, -0.15) is 15.0 Å². The Bertz CT molecular complexity index is 595. The number of imidazole rings is 1. The van der Waals surface area contributed by atoms with E-state index in [1.54, 1.807) is 23.3 Å². The SMILES string of the molecule is CC1CCCC(Nc2nc(N)nc(-n3ccnc3)n2)C1C. The lowest BCUT2D eigenvalue weighted by Crippen LogP contribution is -2.35. The molecule has 7 nitrogen and oxygen atoms in total. The van der Waals surface area contributed by atoms with Crippen LogP contribution in [0.1, 0.15) is 33.1 Å². The fourth-order valence-electron chi connectivity index (χ4n) is 2.89. The molecule has 0 aliphatic heterocycles. The number of nitrogens with two attached hydrogens (primary N) is 1. The first-order chi connectivity index (χ1) is 10.1. The molecule has 0 spiro atoms. The Hall–Kier alpha value is -2.18. The third-order valence-corrected chi connectivity index (χ3v) is 4.40. The van der Waals surface area contributed by atoms with E-state index in [2.05, 4.69) is 39.1 Å². The first-order valence-corrected chi connectivity index (χ1v) is 7.40. The molecule has 1 aliphatic carbocycles. The average molecular weight is 287 g/mol. The lowest BCUT2D eigenvalue weighted by atomic mass is 9.78. The van der Waals surface area contributed by atoms with Crippen LogP contribution in [0.5, 0.6) is 0 Å². The number of hydrogen-bond donors (Lipinski definition) is 2. The number of hydrogen-bond acceptors (Lipinski definition) is 6. The van der Waals surface area contributed by atoms with Crippen molar-refractivity contribution in [2.24, 2.45) is 11.8 Å². The van der Waals surface area contributed by atoms with Gasteiger partial charge in [0.15, 0.2) is 0 Å². The molecule has 0 aromatic carbocycles. The summed E-state index contributed by atoms with van der Waals surface area (Å²) < 4.78 is 1.72. The molecule has 2 aromatic rings. The summed E-state index contributed by atoms with van der Waals surface area (Å²) in [6, 6.07) is 0.381. The first-order valence-electron chi connectivity index (χ1n) is 7.40. The van der Waals surface area contributed by atoms with Gasteiger partial charge in [0, 0.05) is 18.4 Å². The zero-order valence-corrected chi connectivity index (χ0v) is 12.4. The van der Waals surface area contributed by atoms with E-state index in [0.29, 0.717) is 29.8 Å². The zero-order valence-electron chi connectivity index (χ0n) is 12.4. The molecule has 1 saturated carbocycles. The molecule has 2 heterocycles. The maximum atomic E-state index is 5.80. The highest BCUT2D eigenvalue weighted by Gasteiger charge is 2.27. The van der Waals surface area contributed by atoms with Crippen LogP contribution in [0.3, 0.4) is 0 Å². The van der Waals surface area contributed by atoms with Gasteiger partial charge >= 0.3 is 0 Å². The van der Waals surface area contributed by atoms with Crippen LogP contribution in [0.4, 0.5) is 11.9 Å². The lowest BCUT2D eigenvalue weighted by molar-refractivity contribution is 0.252. The molecule has 7 heteroatoms. The van der Waals surface area contributed by atoms with Crippen LogP contribution in [0.25, 0.3) is 5.95 Å². The minimum Gasteiger partial charge on any atom is -0.368 e. The number of nitrogens with zero attached hydrogens (tertiary/aromatic N) is 5. The minimum absolute atomic E-state index is 0.215. The third-order valence-electron chi connectivity index (χ3n) is 4.40. The maximum Gasteiger partial charge on any atom is 0.241 e. The average Bonchev–Trinajstić information content (AvgIpc) is 2.97. The molecule has 3 atom stereocenters. The molecule has 0 radical (unpaired) electrons. The maximum absolute atomic E-state index is 5.80. The van der Waals surface area contributed by atoms with E-state index in [4.69, 9.17) is 5.73 Å². The second kappa shape index (κ2) is 5.67. The molecular weight excluding hydrogens is 266 g/mol. The van der Waals surface area contributed by atoms with Gasteiger partial charge in [-0.3, -0.25) is 4.57 Å². The van der Waals surface area contributed by atoms with Crippen molar-refractivity contribution in [1.82, 2.24) is 24.5 Å². The Morgan fingerprint density at radius 3 is 2.86 bits per heavy atom. The van der Waals surface area contributed by atoms with E-state index in [0.717, 1.165) is 6.42 Å². The Morgan fingerprint density at radius 2 is 2.10 bits per heavy atom. The van der Waals surface area contributed by atoms with E-state index >= 15 is 0 Å². The van der Waals surface area contributed by atoms with Crippen molar-refractivity contribution < 1.29 is 0 Å². The van der Waals surface area contributed by atoms with Crippen LogP contribution in [0.2, 0.25) is 0 Å². The predicted molar refractivity (Wildman–Crippen MR) is 81.0 cm³/mol. The Morgan fingerprint density at radius 1 is 1.24 bits per heavy atom. The summed E-state index contributed by atoms with van der Waals surface area (Å²) in [6.07, 6.45) is 8.76. The summed E-state index contributed by atoms with van der Waals surface area (Å²) in [5.74, 6) is 2.54. The number of rotatable bonds is 3. The highest BCUT2D eigenvalue weighted by atomic mass is 15.3. The summed E-state index contributed by atoms with van der Waals surface area (Å²) in [4.78, 5) is 16.8. The van der Waals surface area contributed by atoms with E-state index in [1.807, 2.05) is 0 Å². The van der Waals surface area contributed by atoms with E-state index in [-0.39, 0.29) is 5.95 Å². The molecule has 0 bridgehead atoms. The van der Waals surface area contributed by atoms with Gasteiger partial charge in [0.05, 0.1) is 0 Å². The summed E-state index contributed by atoms with van der Waals surface area (Å²) in [6.45, 7) is 4.58. The Labute approximate surface area is 124 Å². The molecule has 112 valence electrons. The summed E-state index contributed by atoms with van der Waals surface area (Å²) >= 11 is 0. The van der Waals surface area contributed by atoms with E-state index in [9.17, 15) is 0 Å². The number of nitrogen functional groups attached to an aromatic ring is 1. The predicted octanol–water partition coefficient (Wildman–Crippen LogP) is 1.88. The molecule has 0 saturated heterocycles. The van der Waals surface area contributed by atoms with Crippen molar-refractivity contribution in [2.45, 2.75) is 39.2 Å². The summed E-state index contributed by atoms with van der Waals surface area (Å²) in [7, 11) is 0. The van der Waals surface area contributed by atoms with Gasteiger partial charge in [-0.05, 0) is 18.3 Å². The van der Waals surface area contributed by atoms with Crippen molar-refractivity contribution >= 4 is 11.9 Å². The molecule has 1 aliphatic rings. The lowest BCUT2D eigenvalue weighted by Gasteiger charge is -2.34. The van der Waals surface area contributed by atoms with Crippen LogP contribution in [0.15, 0.2) is 18.7 Å².